The Morgan fingerprint density at radius 3 is 2.42 bits per heavy atom. The number of thiocarbonyl (C=S) groups is 1. The minimum absolute atomic E-state index is 0.594. The first-order chi connectivity index (χ1) is 11.7. The summed E-state index contributed by atoms with van der Waals surface area (Å²) in [6, 6.07) is 19.1. The third kappa shape index (κ3) is 4.96. The summed E-state index contributed by atoms with van der Waals surface area (Å²) in [4.78, 5) is 2.20. The predicted molar refractivity (Wildman–Crippen MR) is 102 cm³/mol. The third-order valence-corrected chi connectivity index (χ3v) is 4.50. The number of nitrogens with zero attached hydrogens (tertiary/aromatic N) is 1. The Labute approximate surface area is 149 Å². The molecular weight excluding hydrogens is 316 g/mol. The van der Waals surface area contributed by atoms with E-state index in [-0.39, 0.29) is 0 Å². The van der Waals surface area contributed by atoms with E-state index in [1.807, 2.05) is 30.3 Å². The second-order valence-electron chi connectivity index (χ2n) is 6.16. The van der Waals surface area contributed by atoms with Crippen LogP contribution in [0.2, 0.25) is 0 Å². The van der Waals surface area contributed by atoms with Crippen molar-refractivity contribution in [3.8, 4) is 5.75 Å². The van der Waals surface area contributed by atoms with Gasteiger partial charge in [-0.05, 0) is 55.2 Å². The van der Waals surface area contributed by atoms with E-state index in [0.29, 0.717) is 12.6 Å². The lowest BCUT2D eigenvalue weighted by molar-refractivity contribution is 0.306. The SMILES string of the molecule is CCN(Cc1ccc(OCc2ccccc2)cc1)C(=S)NC1CC1. The number of rotatable bonds is 7. The number of nitrogens with one attached hydrogen (secondary N) is 1. The lowest BCUT2D eigenvalue weighted by Gasteiger charge is -2.24. The maximum atomic E-state index is 5.83. The Bertz CT molecular complexity index is 653. The highest BCUT2D eigenvalue weighted by Crippen LogP contribution is 2.20. The van der Waals surface area contributed by atoms with Crippen molar-refractivity contribution in [3.05, 3.63) is 65.7 Å². The Balaban J connectivity index is 1.52. The molecule has 1 N–H and O–H groups in total. The Hall–Kier alpha value is -2.07. The Kier molecular flexibility index (Phi) is 5.70. The maximum absolute atomic E-state index is 5.83. The highest BCUT2D eigenvalue weighted by atomic mass is 32.1. The molecule has 0 heterocycles. The molecule has 3 rings (SSSR count). The van der Waals surface area contributed by atoms with Gasteiger partial charge in [0.2, 0.25) is 0 Å². The summed E-state index contributed by atoms with van der Waals surface area (Å²) in [6.07, 6.45) is 2.48. The number of hydrogen-bond acceptors (Lipinski definition) is 2. The molecule has 1 aliphatic rings. The van der Waals surface area contributed by atoms with E-state index in [1.165, 1.54) is 24.0 Å². The van der Waals surface area contributed by atoms with Crippen LogP contribution >= 0.6 is 12.2 Å². The van der Waals surface area contributed by atoms with Crippen molar-refractivity contribution in [2.24, 2.45) is 0 Å². The van der Waals surface area contributed by atoms with E-state index in [0.717, 1.165) is 24.0 Å². The minimum atomic E-state index is 0.594. The average Bonchev–Trinajstić information content (AvgIpc) is 3.43. The van der Waals surface area contributed by atoms with Crippen LogP contribution in [0.4, 0.5) is 0 Å². The van der Waals surface area contributed by atoms with Crippen LogP contribution in [0.15, 0.2) is 54.6 Å². The summed E-state index contributed by atoms with van der Waals surface area (Å²) >= 11 is 5.50. The van der Waals surface area contributed by atoms with Gasteiger partial charge in [-0.15, -0.1) is 0 Å². The zero-order chi connectivity index (χ0) is 16.8. The van der Waals surface area contributed by atoms with Crippen LogP contribution in [0.5, 0.6) is 5.75 Å². The topological polar surface area (TPSA) is 24.5 Å². The van der Waals surface area contributed by atoms with Crippen LogP contribution in [-0.2, 0) is 13.2 Å². The van der Waals surface area contributed by atoms with Crippen LogP contribution in [0.3, 0.4) is 0 Å². The quantitative estimate of drug-likeness (QED) is 0.766. The normalized spacial score (nSPS) is 13.4. The molecule has 1 fully saturated rings. The van der Waals surface area contributed by atoms with Gasteiger partial charge < -0.3 is 15.0 Å². The number of benzene rings is 2. The zero-order valence-electron chi connectivity index (χ0n) is 14.1. The van der Waals surface area contributed by atoms with Gasteiger partial charge in [0.05, 0.1) is 0 Å². The van der Waals surface area contributed by atoms with Crippen molar-refractivity contribution in [1.29, 1.82) is 0 Å². The molecule has 0 aliphatic heterocycles. The molecule has 0 spiro atoms. The third-order valence-electron chi connectivity index (χ3n) is 4.12. The van der Waals surface area contributed by atoms with E-state index < -0.39 is 0 Å². The molecule has 3 nitrogen and oxygen atoms in total. The molecule has 1 saturated carbocycles. The van der Waals surface area contributed by atoms with Crippen molar-refractivity contribution in [1.82, 2.24) is 10.2 Å². The van der Waals surface area contributed by atoms with Crippen molar-refractivity contribution in [2.45, 2.75) is 39.0 Å². The monoisotopic (exact) mass is 340 g/mol. The predicted octanol–water partition coefficient (Wildman–Crippen LogP) is 4.12. The van der Waals surface area contributed by atoms with Crippen molar-refractivity contribution in [3.63, 3.8) is 0 Å². The van der Waals surface area contributed by atoms with Gasteiger partial charge in [0.15, 0.2) is 5.11 Å². The van der Waals surface area contributed by atoms with Crippen molar-refractivity contribution < 1.29 is 4.74 Å². The van der Waals surface area contributed by atoms with Gasteiger partial charge in [-0.2, -0.15) is 0 Å². The fraction of sp³-hybridized carbons (Fsp3) is 0.350. The molecular formula is C20H24N2OS. The molecule has 0 atom stereocenters. The van der Waals surface area contributed by atoms with E-state index in [1.54, 1.807) is 0 Å². The van der Waals surface area contributed by atoms with Crippen LogP contribution < -0.4 is 10.1 Å². The van der Waals surface area contributed by atoms with Crippen LogP contribution in [0.1, 0.15) is 30.9 Å². The van der Waals surface area contributed by atoms with Crippen molar-refractivity contribution >= 4 is 17.3 Å². The second kappa shape index (κ2) is 8.15. The Morgan fingerprint density at radius 2 is 1.79 bits per heavy atom. The molecule has 24 heavy (non-hydrogen) atoms. The fourth-order valence-electron chi connectivity index (χ4n) is 2.47. The van der Waals surface area contributed by atoms with Gasteiger partial charge in [0.25, 0.3) is 0 Å². The fourth-order valence-corrected chi connectivity index (χ4v) is 2.83. The summed E-state index contributed by atoms with van der Waals surface area (Å²) in [5.74, 6) is 0.893. The van der Waals surface area contributed by atoms with E-state index >= 15 is 0 Å². The smallest absolute Gasteiger partial charge is 0.169 e. The summed E-state index contributed by atoms with van der Waals surface area (Å²) in [7, 11) is 0. The van der Waals surface area contributed by atoms with E-state index in [2.05, 4.69) is 41.4 Å². The molecule has 1 aliphatic carbocycles. The number of ether oxygens (including phenoxy) is 1. The summed E-state index contributed by atoms with van der Waals surface area (Å²) in [5.41, 5.74) is 2.42. The van der Waals surface area contributed by atoms with E-state index in [4.69, 9.17) is 17.0 Å². The first-order valence-corrected chi connectivity index (χ1v) is 8.96. The maximum Gasteiger partial charge on any atom is 0.169 e. The summed E-state index contributed by atoms with van der Waals surface area (Å²) in [6.45, 7) is 4.47. The lowest BCUT2D eigenvalue weighted by Crippen LogP contribution is -2.40. The van der Waals surface area contributed by atoms with Gasteiger partial charge in [-0.1, -0.05) is 42.5 Å². The van der Waals surface area contributed by atoms with Crippen LogP contribution in [0, 0.1) is 0 Å². The second-order valence-corrected chi connectivity index (χ2v) is 6.54. The molecule has 0 amide bonds. The standard InChI is InChI=1S/C20H24N2OS/c1-2-22(20(24)21-18-10-11-18)14-16-8-12-19(13-9-16)23-15-17-6-4-3-5-7-17/h3-9,12-13,18H,2,10-11,14-15H2,1H3,(H,21,24). The molecule has 0 unspecified atom stereocenters. The van der Waals surface area contributed by atoms with Crippen LogP contribution in [0.25, 0.3) is 0 Å². The van der Waals surface area contributed by atoms with Gasteiger partial charge in [0, 0.05) is 19.1 Å². The molecule has 0 aromatic heterocycles. The molecule has 0 saturated heterocycles. The number of hydrogen-bond donors (Lipinski definition) is 1. The Morgan fingerprint density at radius 1 is 1.08 bits per heavy atom. The zero-order valence-corrected chi connectivity index (χ0v) is 14.9. The first-order valence-electron chi connectivity index (χ1n) is 8.55. The molecule has 0 radical (unpaired) electrons. The highest BCUT2D eigenvalue weighted by molar-refractivity contribution is 7.80. The molecule has 0 bridgehead atoms. The van der Waals surface area contributed by atoms with Gasteiger partial charge in [-0.25, -0.2) is 0 Å². The van der Waals surface area contributed by atoms with Gasteiger partial charge in [0.1, 0.15) is 12.4 Å². The van der Waals surface area contributed by atoms with Gasteiger partial charge >= 0.3 is 0 Å². The summed E-state index contributed by atoms with van der Waals surface area (Å²) in [5, 5.41) is 4.27. The van der Waals surface area contributed by atoms with E-state index in [9.17, 15) is 0 Å². The molecule has 2 aromatic rings. The molecule has 126 valence electrons. The summed E-state index contributed by atoms with van der Waals surface area (Å²) < 4.78 is 5.83. The highest BCUT2D eigenvalue weighted by Gasteiger charge is 2.23. The average molecular weight is 340 g/mol. The van der Waals surface area contributed by atoms with Crippen LogP contribution in [-0.4, -0.2) is 22.6 Å². The molecule has 2 aromatic carbocycles. The first kappa shape index (κ1) is 16.8. The minimum Gasteiger partial charge on any atom is -0.489 e. The lowest BCUT2D eigenvalue weighted by atomic mass is 10.2. The van der Waals surface area contributed by atoms with Crippen molar-refractivity contribution in [2.75, 3.05) is 6.54 Å². The molecule has 4 heteroatoms. The largest absolute Gasteiger partial charge is 0.489 e. The van der Waals surface area contributed by atoms with Gasteiger partial charge in [-0.3, -0.25) is 0 Å².